The summed E-state index contributed by atoms with van der Waals surface area (Å²) in [5.74, 6) is -0.616. The van der Waals surface area contributed by atoms with E-state index in [1.54, 1.807) is 89.0 Å². The van der Waals surface area contributed by atoms with E-state index in [1.165, 1.54) is 21.9 Å². The van der Waals surface area contributed by atoms with E-state index in [2.05, 4.69) is 10.6 Å². The quantitative estimate of drug-likeness (QED) is 0.154. The molecule has 1 unspecified atom stereocenters. The first-order chi connectivity index (χ1) is 25.2. The molecule has 0 heterocycles. The molecule has 10 heteroatoms. The molecule has 10 nitrogen and oxygen atoms in total. The van der Waals surface area contributed by atoms with E-state index < -0.39 is 23.9 Å². The van der Waals surface area contributed by atoms with Crippen molar-refractivity contribution in [3.63, 3.8) is 0 Å². The second-order valence-electron chi connectivity index (χ2n) is 12.2. The van der Waals surface area contributed by atoms with Crippen LogP contribution in [0.3, 0.4) is 0 Å². The van der Waals surface area contributed by atoms with Gasteiger partial charge in [-0.2, -0.15) is 0 Å². The number of hydrogen-bond donors (Lipinski definition) is 2. The lowest BCUT2D eigenvalue weighted by atomic mass is 10.0. The Bertz CT molecular complexity index is 1820. The van der Waals surface area contributed by atoms with Gasteiger partial charge in [-0.05, 0) is 71.8 Å². The fourth-order valence-electron chi connectivity index (χ4n) is 5.78. The van der Waals surface area contributed by atoms with Gasteiger partial charge in [-0.3, -0.25) is 19.2 Å². The average molecular weight is 699 g/mol. The van der Waals surface area contributed by atoms with Crippen LogP contribution in [0, 0.1) is 0 Å². The molecule has 266 valence electrons. The minimum absolute atomic E-state index is 0.0624. The number of benzene rings is 5. The van der Waals surface area contributed by atoms with Gasteiger partial charge < -0.3 is 29.9 Å². The Balaban J connectivity index is 1.40. The summed E-state index contributed by atoms with van der Waals surface area (Å²) in [7, 11) is 6.41. The predicted octanol–water partition coefficient (Wildman–Crippen LogP) is 5.71. The molecule has 0 saturated heterocycles. The fraction of sp³-hybridized carbons (Fsp3) is 0.190. The molecule has 0 bridgehead atoms. The van der Waals surface area contributed by atoms with Crippen LogP contribution in [0.1, 0.15) is 31.8 Å². The van der Waals surface area contributed by atoms with Crippen LogP contribution in [0.2, 0.25) is 0 Å². The third-order valence-electron chi connectivity index (χ3n) is 8.77. The summed E-state index contributed by atoms with van der Waals surface area (Å²) in [6.07, 6.45) is 0.428. The summed E-state index contributed by atoms with van der Waals surface area (Å²) in [5, 5.41) is 5.79. The Kier molecular flexibility index (Phi) is 12.4. The number of carbonyl (C=O) groups is 4. The van der Waals surface area contributed by atoms with Crippen LogP contribution in [0.15, 0.2) is 133 Å². The minimum Gasteiger partial charge on any atom is -0.497 e. The van der Waals surface area contributed by atoms with Crippen molar-refractivity contribution < 1.29 is 28.7 Å². The molecule has 0 aliphatic rings. The maximum absolute atomic E-state index is 14.0. The van der Waals surface area contributed by atoms with Gasteiger partial charge in [0.25, 0.3) is 11.8 Å². The van der Waals surface area contributed by atoms with Crippen LogP contribution in [0.5, 0.6) is 11.5 Å². The zero-order valence-electron chi connectivity index (χ0n) is 29.6. The summed E-state index contributed by atoms with van der Waals surface area (Å²) in [4.78, 5) is 58.9. The van der Waals surface area contributed by atoms with Crippen molar-refractivity contribution in [2.75, 3.05) is 38.1 Å². The van der Waals surface area contributed by atoms with Gasteiger partial charge in [-0.15, -0.1) is 0 Å². The number of nitrogens with one attached hydrogen (secondary N) is 2. The number of anilines is 2. The maximum Gasteiger partial charge on any atom is 0.252 e. The van der Waals surface area contributed by atoms with Crippen molar-refractivity contribution in [3.8, 4) is 11.5 Å². The SMILES string of the molecule is COc1ccc(N(C)C(=O)C(Cc2ccccc2)NC(=O)c2ccccc2C(=O)N[C@@H](Cc2ccccc2)C(=O)N(C)c2ccc(OC)cc2)cc1. The van der Waals surface area contributed by atoms with Crippen LogP contribution in [0.25, 0.3) is 0 Å². The van der Waals surface area contributed by atoms with E-state index in [-0.39, 0.29) is 35.8 Å². The molecule has 0 aliphatic heterocycles. The van der Waals surface area contributed by atoms with Crippen LogP contribution < -0.4 is 29.9 Å². The second-order valence-corrected chi connectivity index (χ2v) is 12.2. The fourth-order valence-corrected chi connectivity index (χ4v) is 5.78. The number of carbonyl (C=O) groups excluding carboxylic acids is 4. The zero-order chi connectivity index (χ0) is 37.0. The summed E-state index contributed by atoms with van der Waals surface area (Å²) in [6, 6.07) is 37.2. The lowest BCUT2D eigenvalue weighted by Crippen LogP contribution is -2.50. The van der Waals surface area contributed by atoms with Gasteiger partial charge in [-0.1, -0.05) is 72.8 Å². The maximum atomic E-state index is 14.0. The van der Waals surface area contributed by atoms with E-state index in [0.29, 0.717) is 22.9 Å². The van der Waals surface area contributed by atoms with Crippen molar-refractivity contribution in [1.82, 2.24) is 10.6 Å². The van der Waals surface area contributed by atoms with E-state index in [9.17, 15) is 19.2 Å². The third kappa shape index (κ3) is 9.22. The summed E-state index contributed by atoms with van der Waals surface area (Å²) in [6.45, 7) is 0. The molecule has 0 radical (unpaired) electrons. The number of hydrogen-bond acceptors (Lipinski definition) is 6. The van der Waals surface area contributed by atoms with Crippen LogP contribution >= 0.6 is 0 Å². The summed E-state index contributed by atoms with van der Waals surface area (Å²) < 4.78 is 10.5. The standard InChI is InChI=1S/C42H42N4O6/c1-45(31-19-23-33(51-3)24-20-31)41(49)37(27-29-13-7-5-8-14-29)43-39(47)35-17-11-12-18-36(35)40(48)44-38(28-30-15-9-6-10-16-30)42(50)46(2)32-21-25-34(52-4)26-22-32/h5-26,37-38H,27-28H2,1-4H3,(H,43,47)(H,44,48)/t37-,38?/m0/s1. The molecule has 5 aromatic rings. The first-order valence-electron chi connectivity index (χ1n) is 16.8. The van der Waals surface area contributed by atoms with Gasteiger partial charge in [0.15, 0.2) is 0 Å². The summed E-state index contributed by atoms with van der Waals surface area (Å²) in [5.41, 5.74) is 3.05. The Hall–Kier alpha value is -6.42. The van der Waals surface area contributed by atoms with Gasteiger partial charge in [0, 0.05) is 38.3 Å². The highest BCUT2D eigenvalue weighted by molar-refractivity contribution is 6.10. The Morgan fingerprint density at radius 2 is 0.827 bits per heavy atom. The molecular weight excluding hydrogens is 656 g/mol. The van der Waals surface area contributed by atoms with Crippen molar-refractivity contribution >= 4 is 35.0 Å². The Morgan fingerprint density at radius 3 is 1.15 bits per heavy atom. The van der Waals surface area contributed by atoms with Crippen LogP contribution in [-0.4, -0.2) is 64.0 Å². The topological polar surface area (TPSA) is 117 Å². The van der Waals surface area contributed by atoms with Crippen molar-refractivity contribution in [2.45, 2.75) is 24.9 Å². The predicted molar refractivity (Wildman–Crippen MR) is 202 cm³/mol. The van der Waals surface area contributed by atoms with E-state index in [0.717, 1.165) is 11.1 Å². The number of ether oxygens (including phenoxy) is 2. The molecule has 2 atom stereocenters. The molecule has 5 aromatic carbocycles. The van der Waals surface area contributed by atoms with Crippen molar-refractivity contribution in [2.24, 2.45) is 0 Å². The first kappa shape index (κ1) is 36.9. The normalized spacial score (nSPS) is 11.8. The molecular formula is C42H42N4O6. The van der Waals surface area contributed by atoms with Gasteiger partial charge in [-0.25, -0.2) is 0 Å². The molecule has 5 rings (SSSR count). The van der Waals surface area contributed by atoms with E-state index >= 15 is 0 Å². The highest BCUT2D eigenvalue weighted by atomic mass is 16.5. The largest absolute Gasteiger partial charge is 0.497 e. The molecule has 52 heavy (non-hydrogen) atoms. The Morgan fingerprint density at radius 1 is 0.500 bits per heavy atom. The Labute approximate surface area is 304 Å². The smallest absolute Gasteiger partial charge is 0.252 e. The number of nitrogens with zero attached hydrogens (tertiary/aromatic N) is 2. The summed E-state index contributed by atoms with van der Waals surface area (Å²) >= 11 is 0. The molecule has 0 spiro atoms. The second kappa shape index (κ2) is 17.5. The third-order valence-corrected chi connectivity index (χ3v) is 8.77. The average Bonchev–Trinajstić information content (AvgIpc) is 3.20. The lowest BCUT2D eigenvalue weighted by molar-refractivity contribution is -0.120. The van der Waals surface area contributed by atoms with Gasteiger partial charge in [0.2, 0.25) is 11.8 Å². The van der Waals surface area contributed by atoms with E-state index in [1.807, 2.05) is 60.7 Å². The van der Waals surface area contributed by atoms with Crippen molar-refractivity contribution in [1.29, 1.82) is 0 Å². The minimum atomic E-state index is -0.969. The highest BCUT2D eigenvalue weighted by Crippen LogP contribution is 2.22. The van der Waals surface area contributed by atoms with Crippen LogP contribution in [-0.2, 0) is 22.4 Å². The van der Waals surface area contributed by atoms with Crippen LogP contribution in [0.4, 0.5) is 11.4 Å². The molecule has 2 N–H and O–H groups in total. The first-order valence-corrected chi connectivity index (χ1v) is 16.8. The number of amides is 4. The number of likely N-dealkylation sites (N-methyl/N-ethyl adjacent to an activating group) is 2. The monoisotopic (exact) mass is 698 g/mol. The van der Waals surface area contributed by atoms with E-state index in [4.69, 9.17) is 9.47 Å². The number of rotatable bonds is 14. The van der Waals surface area contributed by atoms with Crippen molar-refractivity contribution in [3.05, 3.63) is 156 Å². The molecule has 0 fully saturated rings. The number of methoxy groups -OCH3 is 2. The molecule has 0 aliphatic carbocycles. The molecule has 0 saturated carbocycles. The van der Waals surface area contributed by atoms with Gasteiger partial charge in [0.05, 0.1) is 25.3 Å². The molecule has 4 amide bonds. The highest BCUT2D eigenvalue weighted by Gasteiger charge is 2.30. The van der Waals surface area contributed by atoms with Gasteiger partial charge in [0.1, 0.15) is 23.6 Å². The molecule has 0 aromatic heterocycles. The zero-order valence-corrected chi connectivity index (χ0v) is 29.6. The van der Waals surface area contributed by atoms with Gasteiger partial charge >= 0.3 is 0 Å². The lowest BCUT2D eigenvalue weighted by Gasteiger charge is -2.26.